The van der Waals surface area contributed by atoms with E-state index in [1.54, 1.807) is 23.1 Å². The molecule has 1 amide bonds. The van der Waals surface area contributed by atoms with Crippen molar-refractivity contribution in [2.24, 2.45) is 0 Å². The van der Waals surface area contributed by atoms with Gasteiger partial charge in [0.2, 0.25) is 0 Å². The minimum atomic E-state index is -0.861. The van der Waals surface area contributed by atoms with Crippen LogP contribution in [0.4, 0.5) is 5.69 Å². The molecule has 1 aromatic carbocycles. The van der Waals surface area contributed by atoms with E-state index in [4.69, 9.17) is 9.84 Å². The van der Waals surface area contributed by atoms with E-state index in [0.29, 0.717) is 42.8 Å². The normalized spacial score (nSPS) is 16.2. The number of rotatable bonds is 6. The molecule has 0 spiro atoms. The minimum Gasteiger partial charge on any atom is -0.475 e. The molecule has 0 atom stereocenters. The zero-order valence-corrected chi connectivity index (χ0v) is 13.4. The Balaban J connectivity index is 2.52. The van der Waals surface area contributed by atoms with Crippen LogP contribution in [-0.2, 0) is 4.79 Å². The van der Waals surface area contributed by atoms with Crippen molar-refractivity contribution >= 4 is 17.4 Å². The van der Waals surface area contributed by atoms with E-state index in [0.717, 1.165) is 0 Å². The van der Waals surface area contributed by atoms with Gasteiger partial charge in [-0.1, -0.05) is 13.8 Å². The third-order valence-corrected chi connectivity index (χ3v) is 4.28. The number of anilines is 1. The summed E-state index contributed by atoms with van der Waals surface area (Å²) in [6.45, 7) is 5.78. The first-order valence-electron chi connectivity index (χ1n) is 7.76. The number of nitrogens with zero attached hydrogens (tertiary/aromatic N) is 1. The van der Waals surface area contributed by atoms with E-state index >= 15 is 0 Å². The first-order valence-corrected chi connectivity index (χ1v) is 7.76. The third-order valence-electron chi connectivity index (χ3n) is 4.28. The number of fused-ring (bicyclic) bond motifs is 1. The van der Waals surface area contributed by atoms with Gasteiger partial charge in [-0.15, -0.1) is 0 Å². The van der Waals surface area contributed by atoms with Gasteiger partial charge in [-0.05, 0) is 44.4 Å². The van der Waals surface area contributed by atoms with Crippen LogP contribution >= 0.6 is 0 Å². The SMILES string of the molecule is CCC1(CC)Oc2ccc(C(C)=O)cc2N(CCCO)C1=O. The zero-order chi connectivity index (χ0) is 16.3. The first-order chi connectivity index (χ1) is 10.5. The van der Waals surface area contributed by atoms with E-state index in [2.05, 4.69) is 0 Å². The molecule has 0 unspecified atom stereocenters. The Kier molecular flexibility index (Phi) is 4.86. The van der Waals surface area contributed by atoms with Crippen LogP contribution in [0.1, 0.15) is 50.4 Å². The average Bonchev–Trinajstić information content (AvgIpc) is 2.53. The van der Waals surface area contributed by atoms with Crippen LogP contribution in [0, 0.1) is 0 Å². The predicted octanol–water partition coefficient (Wildman–Crippen LogP) is 2.56. The molecule has 2 rings (SSSR count). The monoisotopic (exact) mass is 305 g/mol. The molecule has 0 radical (unpaired) electrons. The summed E-state index contributed by atoms with van der Waals surface area (Å²) in [6, 6.07) is 5.17. The Labute approximate surface area is 130 Å². The summed E-state index contributed by atoms with van der Waals surface area (Å²) in [5, 5.41) is 9.10. The van der Waals surface area contributed by atoms with E-state index in [9.17, 15) is 9.59 Å². The summed E-state index contributed by atoms with van der Waals surface area (Å²) < 4.78 is 6.01. The fourth-order valence-corrected chi connectivity index (χ4v) is 2.79. The highest BCUT2D eigenvalue weighted by atomic mass is 16.5. The van der Waals surface area contributed by atoms with Crippen LogP contribution in [0.2, 0.25) is 0 Å². The summed E-state index contributed by atoms with van der Waals surface area (Å²) in [5.41, 5.74) is 0.300. The lowest BCUT2D eigenvalue weighted by Gasteiger charge is -2.42. The Hall–Kier alpha value is -1.88. The maximum atomic E-state index is 12.9. The zero-order valence-electron chi connectivity index (χ0n) is 13.4. The highest BCUT2D eigenvalue weighted by molar-refractivity contribution is 6.04. The molecule has 0 fully saturated rings. The molecule has 1 aliphatic heterocycles. The number of ketones is 1. The fourth-order valence-electron chi connectivity index (χ4n) is 2.79. The van der Waals surface area contributed by atoms with Gasteiger partial charge in [0.15, 0.2) is 11.4 Å². The average molecular weight is 305 g/mol. The Morgan fingerprint density at radius 2 is 2.00 bits per heavy atom. The van der Waals surface area contributed by atoms with Crippen LogP contribution in [0.5, 0.6) is 5.75 Å². The summed E-state index contributed by atoms with van der Waals surface area (Å²) in [4.78, 5) is 26.1. The molecule has 5 nitrogen and oxygen atoms in total. The summed E-state index contributed by atoms with van der Waals surface area (Å²) in [7, 11) is 0. The molecule has 1 heterocycles. The molecular formula is C17H23NO4. The number of aliphatic hydroxyl groups excluding tert-OH is 1. The number of hydrogen-bond acceptors (Lipinski definition) is 4. The summed E-state index contributed by atoms with van der Waals surface area (Å²) in [6.07, 6.45) is 1.64. The fraction of sp³-hybridized carbons (Fsp3) is 0.529. The lowest BCUT2D eigenvalue weighted by Crippen LogP contribution is -2.56. The Bertz CT molecular complexity index is 578. The first kappa shape index (κ1) is 16.5. The van der Waals surface area contributed by atoms with Crippen molar-refractivity contribution in [1.82, 2.24) is 0 Å². The Morgan fingerprint density at radius 1 is 1.32 bits per heavy atom. The highest BCUT2D eigenvalue weighted by Gasteiger charge is 2.45. The molecule has 1 aromatic rings. The third kappa shape index (κ3) is 2.73. The second kappa shape index (κ2) is 6.48. The molecule has 120 valence electrons. The van der Waals surface area contributed by atoms with Crippen molar-refractivity contribution in [3.05, 3.63) is 23.8 Å². The molecule has 0 saturated carbocycles. The number of carbonyl (C=O) groups is 2. The minimum absolute atomic E-state index is 0.0115. The second-order valence-corrected chi connectivity index (χ2v) is 5.58. The van der Waals surface area contributed by atoms with Gasteiger partial charge in [-0.3, -0.25) is 9.59 Å². The van der Waals surface area contributed by atoms with Gasteiger partial charge in [0.05, 0.1) is 5.69 Å². The van der Waals surface area contributed by atoms with Crippen LogP contribution in [0.15, 0.2) is 18.2 Å². The van der Waals surface area contributed by atoms with Crippen LogP contribution in [0.25, 0.3) is 0 Å². The Morgan fingerprint density at radius 3 is 2.55 bits per heavy atom. The van der Waals surface area contributed by atoms with E-state index < -0.39 is 5.60 Å². The van der Waals surface area contributed by atoms with Crippen molar-refractivity contribution in [3.8, 4) is 5.75 Å². The van der Waals surface area contributed by atoms with Crippen molar-refractivity contribution in [2.45, 2.75) is 45.6 Å². The number of carbonyl (C=O) groups excluding carboxylic acids is 2. The van der Waals surface area contributed by atoms with Gasteiger partial charge in [0.25, 0.3) is 5.91 Å². The van der Waals surface area contributed by atoms with E-state index in [1.807, 2.05) is 13.8 Å². The number of hydrogen-bond donors (Lipinski definition) is 1. The number of Topliss-reactive ketones (excluding diaryl/α,β-unsaturated/α-hetero) is 1. The van der Waals surface area contributed by atoms with Gasteiger partial charge in [0.1, 0.15) is 5.75 Å². The maximum absolute atomic E-state index is 12.9. The summed E-state index contributed by atoms with van der Waals surface area (Å²) in [5.74, 6) is 0.463. The van der Waals surface area contributed by atoms with Crippen molar-refractivity contribution in [2.75, 3.05) is 18.1 Å². The molecule has 0 aliphatic carbocycles. The van der Waals surface area contributed by atoms with Crippen LogP contribution in [-0.4, -0.2) is 35.5 Å². The maximum Gasteiger partial charge on any atom is 0.271 e. The molecule has 0 saturated heterocycles. The smallest absolute Gasteiger partial charge is 0.271 e. The van der Waals surface area contributed by atoms with Crippen molar-refractivity contribution in [1.29, 1.82) is 0 Å². The largest absolute Gasteiger partial charge is 0.475 e. The van der Waals surface area contributed by atoms with Gasteiger partial charge in [0, 0.05) is 18.7 Å². The molecule has 0 bridgehead atoms. The molecule has 5 heteroatoms. The predicted molar refractivity (Wildman–Crippen MR) is 84.4 cm³/mol. The molecule has 0 aromatic heterocycles. The summed E-state index contributed by atoms with van der Waals surface area (Å²) >= 11 is 0. The lowest BCUT2D eigenvalue weighted by atomic mass is 9.92. The van der Waals surface area contributed by atoms with Gasteiger partial charge >= 0.3 is 0 Å². The van der Waals surface area contributed by atoms with Crippen molar-refractivity contribution in [3.63, 3.8) is 0 Å². The quantitative estimate of drug-likeness (QED) is 0.820. The van der Waals surface area contributed by atoms with Crippen LogP contribution in [0.3, 0.4) is 0 Å². The van der Waals surface area contributed by atoms with Crippen LogP contribution < -0.4 is 9.64 Å². The number of benzene rings is 1. The topological polar surface area (TPSA) is 66.8 Å². The second-order valence-electron chi connectivity index (χ2n) is 5.58. The van der Waals surface area contributed by atoms with Gasteiger partial charge < -0.3 is 14.7 Å². The van der Waals surface area contributed by atoms with Crippen molar-refractivity contribution < 1.29 is 19.4 Å². The van der Waals surface area contributed by atoms with Gasteiger partial charge in [-0.25, -0.2) is 0 Å². The lowest BCUT2D eigenvalue weighted by molar-refractivity contribution is -0.136. The molecular weight excluding hydrogens is 282 g/mol. The standard InChI is InChI=1S/C17H23NO4/c1-4-17(5-2)16(21)18(9-6-10-19)14-11-13(12(3)20)7-8-15(14)22-17/h7-8,11,19H,4-6,9-10H2,1-3H3. The van der Waals surface area contributed by atoms with E-state index in [-0.39, 0.29) is 18.3 Å². The van der Waals surface area contributed by atoms with E-state index in [1.165, 1.54) is 6.92 Å². The number of amides is 1. The molecule has 1 aliphatic rings. The highest BCUT2D eigenvalue weighted by Crippen LogP contribution is 2.41. The van der Waals surface area contributed by atoms with Gasteiger partial charge in [-0.2, -0.15) is 0 Å². The molecule has 1 N–H and O–H groups in total. The number of aliphatic hydroxyl groups is 1. The molecule has 22 heavy (non-hydrogen) atoms. The number of ether oxygens (including phenoxy) is 1.